The Kier molecular flexibility index (Phi) is 6.18. The number of nitrogens with two attached hydrogens (primary N) is 1. The molecule has 0 amide bonds. The fourth-order valence-electron chi connectivity index (χ4n) is 2.93. The summed E-state index contributed by atoms with van der Waals surface area (Å²) in [6.07, 6.45) is 0. The predicted octanol–water partition coefficient (Wildman–Crippen LogP) is 4.34. The highest BCUT2D eigenvalue weighted by molar-refractivity contribution is 9.10. The fraction of sp³-hybridized carbons (Fsp3) is 0.368. The van der Waals surface area contributed by atoms with Crippen molar-refractivity contribution in [2.45, 2.75) is 33.9 Å². The van der Waals surface area contributed by atoms with Gasteiger partial charge in [-0.3, -0.25) is 4.90 Å². The van der Waals surface area contributed by atoms with Gasteiger partial charge >= 0.3 is 0 Å². The fourth-order valence-corrected chi connectivity index (χ4v) is 3.19. The lowest BCUT2D eigenvalue weighted by molar-refractivity contribution is 0.263. The average molecular weight is 361 g/mol. The summed E-state index contributed by atoms with van der Waals surface area (Å²) in [5.74, 6) is 0. The second kappa shape index (κ2) is 7.91. The summed E-state index contributed by atoms with van der Waals surface area (Å²) >= 11 is 3.49. The van der Waals surface area contributed by atoms with E-state index in [4.69, 9.17) is 5.73 Å². The number of benzene rings is 2. The third-order valence-corrected chi connectivity index (χ3v) is 4.52. The van der Waals surface area contributed by atoms with Crippen LogP contribution in [-0.2, 0) is 13.1 Å². The minimum absolute atomic E-state index is 0.681. The molecule has 0 spiro atoms. The van der Waals surface area contributed by atoms with E-state index in [-0.39, 0.29) is 0 Å². The Morgan fingerprint density at radius 1 is 0.955 bits per heavy atom. The third kappa shape index (κ3) is 4.67. The van der Waals surface area contributed by atoms with Gasteiger partial charge in [0.05, 0.1) is 0 Å². The van der Waals surface area contributed by atoms with Crippen LogP contribution in [0.5, 0.6) is 0 Å². The zero-order chi connectivity index (χ0) is 16.1. The summed E-state index contributed by atoms with van der Waals surface area (Å²) in [7, 11) is 0. The maximum absolute atomic E-state index is 5.81. The first kappa shape index (κ1) is 17.2. The molecule has 0 heterocycles. The Morgan fingerprint density at radius 2 is 1.55 bits per heavy atom. The summed E-state index contributed by atoms with van der Waals surface area (Å²) in [6, 6.07) is 13.1. The van der Waals surface area contributed by atoms with Gasteiger partial charge in [-0.05, 0) is 55.2 Å². The van der Waals surface area contributed by atoms with E-state index in [9.17, 15) is 0 Å². The number of nitrogens with zero attached hydrogens (tertiary/aromatic N) is 1. The topological polar surface area (TPSA) is 29.3 Å². The van der Waals surface area contributed by atoms with Crippen molar-refractivity contribution in [2.24, 2.45) is 5.73 Å². The Balaban J connectivity index is 2.16. The average Bonchev–Trinajstić information content (AvgIpc) is 2.45. The molecule has 22 heavy (non-hydrogen) atoms. The molecule has 2 aromatic rings. The van der Waals surface area contributed by atoms with Gasteiger partial charge in [0, 0.05) is 30.7 Å². The normalized spacial score (nSPS) is 11.2. The number of hydrogen-bond donors (Lipinski definition) is 1. The van der Waals surface area contributed by atoms with E-state index in [0.29, 0.717) is 6.54 Å². The molecule has 0 saturated carbocycles. The summed E-state index contributed by atoms with van der Waals surface area (Å²) in [5, 5.41) is 0. The van der Waals surface area contributed by atoms with Crippen LogP contribution in [0.15, 0.2) is 40.9 Å². The van der Waals surface area contributed by atoms with Gasteiger partial charge in [0.1, 0.15) is 0 Å². The van der Waals surface area contributed by atoms with Gasteiger partial charge < -0.3 is 5.73 Å². The Labute approximate surface area is 142 Å². The van der Waals surface area contributed by atoms with Crippen LogP contribution in [0.1, 0.15) is 27.8 Å². The third-order valence-electron chi connectivity index (χ3n) is 3.99. The summed E-state index contributed by atoms with van der Waals surface area (Å²) in [5.41, 5.74) is 12.6. The minimum atomic E-state index is 0.681. The van der Waals surface area contributed by atoms with Gasteiger partial charge in [-0.15, -0.1) is 0 Å². The first-order valence-corrected chi connectivity index (χ1v) is 8.52. The van der Waals surface area contributed by atoms with Crippen molar-refractivity contribution < 1.29 is 0 Å². The SMILES string of the molecule is Cc1cc(C)c(CN(CCN)Cc2ccc(Br)cc2)c(C)c1. The van der Waals surface area contributed by atoms with Gasteiger partial charge in [0.15, 0.2) is 0 Å². The molecule has 0 aliphatic heterocycles. The molecule has 3 heteroatoms. The van der Waals surface area contributed by atoms with Crippen molar-refractivity contribution in [1.82, 2.24) is 4.90 Å². The molecular formula is C19H25BrN2. The summed E-state index contributed by atoms with van der Waals surface area (Å²) in [4.78, 5) is 2.42. The molecule has 2 N–H and O–H groups in total. The molecule has 0 unspecified atom stereocenters. The van der Waals surface area contributed by atoms with Crippen molar-refractivity contribution in [3.63, 3.8) is 0 Å². The smallest absolute Gasteiger partial charge is 0.0243 e. The zero-order valence-electron chi connectivity index (χ0n) is 13.7. The van der Waals surface area contributed by atoms with E-state index in [1.54, 1.807) is 0 Å². The lowest BCUT2D eigenvalue weighted by Crippen LogP contribution is -2.29. The molecule has 0 aliphatic carbocycles. The molecule has 118 valence electrons. The van der Waals surface area contributed by atoms with E-state index in [0.717, 1.165) is 24.1 Å². The standard InChI is InChI=1S/C19H25BrN2/c1-14-10-15(2)19(16(3)11-14)13-22(9-8-21)12-17-4-6-18(20)7-5-17/h4-7,10-11H,8-9,12-13,21H2,1-3H3. The lowest BCUT2D eigenvalue weighted by Gasteiger charge is -2.24. The lowest BCUT2D eigenvalue weighted by atomic mass is 9.99. The van der Waals surface area contributed by atoms with Crippen LogP contribution in [0, 0.1) is 20.8 Å². The predicted molar refractivity (Wildman–Crippen MR) is 98.0 cm³/mol. The van der Waals surface area contributed by atoms with Crippen molar-refractivity contribution in [3.8, 4) is 0 Å². The van der Waals surface area contributed by atoms with Gasteiger partial charge in [-0.1, -0.05) is 45.8 Å². The largest absolute Gasteiger partial charge is 0.329 e. The molecule has 2 aromatic carbocycles. The number of rotatable bonds is 6. The number of aryl methyl sites for hydroxylation is 3. The molecule has 2 rings (SSSR count). The van der Waals surface area contributed by atoms with Gasteiger partial charge in [0.2, 0.25) is 0 Å². The molecule has 0 radical (unpaired) electrons. The van der Waals surface area contributed by atoms with E-state index < -0.39 is 0 Å². The van der Waals surface area contributed by atoms with Crippen molar-refractivity contribution in [2.75, 3.05) is 13.1 Å². The molecule has 0 bridgehead atoms. The molecule has 2 nitrogen and oxygen atoms in total. The van der Waals surface area contributed by atoms with E-state index >= 15 is 0 Å². The maximum Gasteiger partial charge on any atom is 0.0243 e. The first-order chi connectivity index (χ1) is 10.5. The molecule has 0 fully saturated rings. The quantitative estimate of drug-likeness (QED) is 0.830. The van der Waals surface area contributed by atoms with Crippen LogP contribution >= 0.6 is 15.9 Å². The van der Waals surface area contributed by atoms with Crippen LogP contribution in [0.2, 0.25) is 0 Å². The Hall–Kier alpha value is -1.16. The first-order valence-electron chi connectivity index (χ1n) is 7.73. The molecular weight excluding hydrogens is 336 g/mol. The minimum Gasteiger partial charge on any atom is -0.329 e. The van der Waals surface area contributed by atoms with Gasteiger partial charge in [0.25, 0.3) is 0 Å². The van der Waals surface area contributed by atoms with Crippen LogP contribution in [0.25, 0.3) is 0 Å². The Bertz CT molecular complexity index is 597. The molecule has 0 saturated heterocycles. The summed E-state index contributed by atoms with van der Waals surface area (Å²) < 4.78 is 1.12. The van der Waals surface area contributed by atoms with E-state index in [1.807, 2.05) is 0 Å². The molecule has 0 atom stereocenters. The second-order valence-corrected chi connectivity index (χ2v) is 6.92. The maximum atomic E-state index is 5.81. The Morgan fingerprint density at radius 3 is 2.09 bits per heavy atom. The van der Waals surface area contributed by atoms with Crippen molar-refractivity contribution in [3.05, 3.63) is 68.7 Å². The van der Waals surface area contributed by atoms with Crippen molar-refractivity contribution in [1.29, 1.82) is 0 Å². The second-order valence-electron chi connectivity index (χ2n) is 6.00. The van der Waals surface area contributed by atoms with Crippen LogP contribution in [-0.4, -0.2) is 18.0 Å². The zero-order valence-corrected chi connectivity index (χ0v) is 15.3. The van der Waals surface area contributed by atoms with E-state index in [2.05, 4.69) is 78.0 Å². The van der Waals surface area contributed by atoms with Crippen LogP contribution in [0.3, 0.4) is 0 Å². The van der Waals surface area contributed by atoms with Gasteiger partial charge in [-0.2, -0.15) is 0 Å². The van der Waals surface area contributed by atoms with Gasteiger partial charge in [-0.25, -0.2) is 0 Å². The van der Waals surface area contributed by atoms with Crippen LogP contribution in [0.4, 0.5) is 0 Å². The summed E-state index contributed by atoms with van der Waals surface area (Å²) in [6.45, 7) is 10.0. The number of hydrogen-bond acceptors (Lipinski definition) is 2. The van der Waals surface area contributed by atoms with Crippen molar-refractivity contribution >= 4 is 15.9 Å². The highest BCUT2D eigenvalue weighted by Gasteiger charge is 2.11. The highest BCUT2D eigenvalue weighted by Crippen LogP contribution is 2.20. The molecule has 0 aliphatic rings. The monoisotopic (exact) mass is 360 g/mol. The number of halogens is 1. The highest BCUT2D eigenvalue weighted by atomic mass is 79.9. The van der Waals surface area contributed by atoms with Crippen LogP contribution < -0.4 is 5.73 Å². The van der Waals surface area contributed by atoms with E-state index in [1.165, 1.54) is 27.8 Å². The molecule has 0 aromatic heterocycles.